The van der Waals surface area contributed by atoms with E-state index in [1.807, 2.05) is 30.3 Å². The Labute approximate surface area is 101 Å². The highest BCUT2D eigenvalue weighted by molar-refractivity contribution is 5.76. The third-order valence-corrected chi connectivity index (χ3v) is 2.52. The molecule has 1 rings (SSSR count). The summed E-state index contributed by atoms with van der Waals surface area (Å²) < 4.78 is 0. The molecule has 0 aliphatic rings. The molecule has 3 N–H and O–H groups in total. The van der Waals surface area contributed by atoms with E-state index in [0.717, 1.165) is 12.8 Å². The molecule has 0 aliphatic heterocycles. The van der Waals surface area contributed by atoms with Crippen molar-refractivity contribution in [3.05, 3.63) is 35.9 Å². The Kier molecular flexibility index (Phi) is 6.29. The summed E-state index contributed by atoms with van der Waals surface area (Å²) in [5.74, 6) is -0.131. The summed E-state index contributed by atoms with van der Waals surface area (Å²) in [7, 11) is 0. The fourth-order valence-electron chi connectivity index (χ4n) is 1.55. The van der Waals surface area contributed by atoms with Crippen LogP contribution in [0.25, 0.3) is 0 Å². The maximum atomic E-state index is 11.4. The molecule has 0 saturated carbocycles. The topological polar surface area (TPSA) is 69.6 Å². The lowest BCUT2D eigenvalue weighted by Crippen LogP contribution is -2.39. The predicted molar refractivity (Wildman–Crippen MR) is 65.5 cm³/mol. The Morgan fingerprint density at radius 1 is 1.18 bits per heavy atom. The van der Waals surface area contributed by atoms with Gasteiger partial charge in [-0.15, -0.1) is 0 Å². The number of aliphatic hydroxyl groups is 2. The molecule has 1 aromatic rings. The van der Waals surface area contributed by atoms with Crippen LogP contribution in [0.1, 0.15) is 18.4 Å². The summed E-state index contributed by atoms with van der Waals surface area (Å²) in [6.07, 6.45) is 2.03. The SMILES string of the molecule is O=C(CCCc1ccccc1)NC(CO)CO. The molecule has 4 heteroatoms. The van der Waals surface area contributed by atoms with Crippen LogP contribution in [-0.4, -0.2) is 35.4 Å². The van der Waals surface area contributed by atoms with Crippen molar-refractivity contribution in [2.75, 3.05) is 13.2 Å². The van der Waals surface area contributed by atoms with Gasteiger partial charge in [0.1, 0.15) is 0 Å². The number of carbonyl (C=O) groups excluding carboxylic acids is 1. The van der Waals surface area contributed by atoms with Crippen molar-refractivity contribution in [3.8, 4) is 0 Å². The molecule has 4 nitrogen and oxygen atoms in total. The van der Waals surface area contributed by atoms with Crippen molar-refractivity contribution in [1.82, 2.24) is 5.32 Å². The summed E-state index contributed by atoms with van der Waals surface area (Å²) >= 11 is 0. The van der Waals surface area contributed by atoms with Crippen LogP contribution in [0.2, 0.25) is 0 Å². The van der Waals surface area contributed by atoms with Crippen LogP contribution in [0.5, 0.6) is 0 Å². The van der Waals surface area contributed by atoms with Gasteiger partial charge in [0, 0.05) is 6.42 Å². The van der Waals surface area contributed by atoms with Gasteiger partial charge in [-0.2, -0.15) is 0 Å². The monoisotopic (exact) mass is 237 g/mol. The number of hydrogen-bond donors (Lipinski definition) is 3. The van der Waals surface area contributed by atoms with E-state index in [1.165, 1.54) is 5.56 Å². The number of carbonyl (C=O) groups is 1. The number of aliphatic hydroxyl groups excluding tert-OH is 2. The van der Waals surface area contributed by atoms with Gasteiger partial charge in [0.25, 0.3) is 0 Å². The van der Waals surface area contributed by atoms with E-state index < -0.39 is 6.04 Å². The van der Waals surface area contributed by atoms with Crippen LogP contribution in [0.15, 0.2) is 30.3 Å². The molecule has 94 valence electrons. The van der Waals surface area contributed by atoms with Crippen molar-refractivity contribution < 1.29 is 15.0 Å². The Bertz CT molecular complexity index is 323. The first-order valence-corrected chi connectivity index (χ1v) is 5.81. The molecule has 0 atom stereocenters. The molecule has 17 heavy (non-hydrogen) atoms. The summed E-state index contributed by atoms with van der Waals surface area (Å²) in [5.41, 5.74) is 1.21. The molecule has 0 spiro atoms. The Morgan fingerprint density at radius 2 is 1.82 bits per heavy atom. The second kappa shape index (κ2) is 7.81. The van der Waals surface area contributed by atoms with Gasteiger partial charge in [-0.3, -0.25) is 4.79 Å². The van der Waals surface area contributed by atoms with Gasteiger partial charge in [-0.1, -0.05) is 30.3 Å². The Balaban J connectivity index is 2.20. The number of rotatable bonds is 7. The van der Waals surface area contributed by atoms with Crippen LogP contribution < -0.4 is 5.32 Å². The van der Waals surface area contributed by atoms with Crippen molar-refractivity contribution in [2.45, 2.75) is 25.3 Å². The Hall–Kier alpha value is -1.39. The van der Waals surface area contributed by atoms with Crippen molar-refractivity contribution >= 4 is 5.91 Å². The maximum Gasteiger partial charge on any atom is 0.220 e. The molecule has 1 amide bonds. The number of nitrogens with one attached hydrogen (secondary N) is 1. The lowest BCUT2D eigenvalue weighted by molar-refractivity contribution is -0.122. The number of benzene rings is 1. The zero-order chi connectivity index (χ0) is 12.5. The van der Waals surface area contributed by atoms with Gasteiger partial charge >= 0.3 is 0 Å². The van der Waals surface area contributed by atoms with Crippen LogP contribution >= 0.6 is 0 Å². The normalized spacial score (nSPS) is 10.5. The molecule has 0 aromatic heterocycles. The average molecular weight is 237 g/mol. The fraction of sp³-hybridized carbons (Fsp3) is 0.462. The largest absolute Gasteiger partial charge is 0.394 e. The minimum absolute atomic E-state index is 0.131. The second-order valence-electron chi connectivity index (χ2n) is 3.97. The first-order valence-electron chi connectivity index (χ1n) is 5.81. The van der Waals surface area contributed by atoms with Crippen LogP contribution in [0, 0.1) is 0 Å². The van der Waals surface area contributed by atoms with Crippen LogP contribution in [0.3, 0.4) is 0 Å². The minimum atomic E-state index is -0.542. The van der Waals surface area contributed by atoms with Crippen LogP contribution in [-0.2, 0) is 11.2 Å². The molecule has 0 bridgehead atoms. The number of hydrogen-bond acceptors (Lipinski definition) is 3. The van der Waals surface area contributed by atoms with Crippen molar-refractivity contribution in [2.24, 2.45) is 0 Å². The molecular formula is C13H19NO3. The molecular weight excluding hydrogens is 218 g/mol. The third-order valence-electron chi connectivity index (χ3n) is 2.52. The molecule has 1 aromatic carbocycles. The number of amides is 1. The van der Waals surface area contributed by atoms with Gasteiger partial charge in [0.05, 0.1) is 19.3 Å². The fourth-order valence-corrected chi connectivity index (χ4v) is 1.55. The van der Waals surface area contributed by atoms with E-state index in [9.17, 15) is 4.79 Å². The lowest BCUT2D eigenvalue weighted by Gasteiger charge is -2.12. The van der Waals surface area contributed by atoms with E-state index >= 15 is 0 Å². The van der Waals surface area contributed by atoms with Gasteiger partial charge in [-0.05, 0) is 18.4 Å². The minimum Gasteiger partial charge on any atom is -0.394 e. The first-order chi connectivity index (χ1) is 8.26. The Morgan fingerprint density at radius 3 is 2.41 bits per heavy atom. The average Bonchev–Trinajstić information content (AvgIpc) is 2.37. The molecule has 0 saturated heterocycles. The first kappa shape index (κ1) is 13.7. The zero-order valence-electron chi connectivity index (χ0n) is 9.80. The summed E-state index contributed by atoms with van der Waals surface area (Å²) in [6.45, 7) is -0.470. The highest BCUT2D eigenvalue weighted by atomic mass is 16.3. The van der Waals surface area contributed by atoms with E-state index in [0.29, 0.717) is 6.42 Å². The predicted octanol–water partition coefficient (Wildman–Crippen LogP) is 0.479. The van der Waals surface area contributed by atoms with E-state index in [2.05, 4.69) is 5.32 Å². The van der Waals surface area contributed by atoms with Crippen molar-refractivity contribution in [3.63, 3.8) is 0 Å². The summed E-state index contributed by atoms with van der Waals surface area (Å²) in [5, 5.41) is 20.2. The molecule has 0 aliphatic carbocycles. The molecule has 0 heterocycles. The number of aryl methyl sites for hydroxylation is 1. The second-order valence-corrected chi connectivity index (χ2v) is 3.97. The summed E-state index contributed by atoms with van der Waals surface area (Å²) in [4.78, 5) is 11.4. The molecule has 0 fully saturated rings. The molecule has 0 radical (unpaired) electrons. The quantitative estimate of drug-likeness (QED) is 0.646. The molecule has 0 unspecified atom stereocenters. The van der Waals surface area contributed by atoms with E-state index in [4.69, 9.17) is 10.2 Å². The lowest BCUT2D eigenvalue weighted by atomic mass is 10.1. The third kappa shape index (κ3) is 5.47. The van der Waals surface area contributed by atoms with Gasteiger partial charge < -0.3 is 15.5 Å². The summed E-state index contributed by atoms with van der Waals surface area (Å²) in [6, 6.07) is 9.43. The smallest absolute Gasteiger partial charge is 0.220 e. The maximum absolute atomic E-state index is 11.4. The van der Waals surface area contributed by atoms with Crippen LogP contribution in [0.4, 0.5) is 0 Å². The van der Waals surface area contributed by atoms with E-state index in [1.54, 1.807) is 0 Å². The highest BCUT2D eigenvalue weighted by Crippen LogP contribution is 2.04. The zero-order valence-corrected chi connectivity index (χ0v) is 9.80. The standard InChI is InChI=1S/C13H19NO3/c15-9-12(10-16)14-13(17)8-4-7-11-5-2-1-3-6-11/h1-3,5-6,12,15-16H,4,7-10H2,(H,14,17). The van der Waals surface area contributed by atoms with E-state index in [-0.39, 0.29) is 19.1 Å². The highest BCUT2D eigenvalue weighted by Gasteiger charge is 2.09. The van der Waals surface area contributed by atoms with Gasteiger partial charge in [-0.25, -0.2) is 0 Å². The van der Waals surface area contributed by atoms with Crippen molar-refractivity contribution in [1.29, 1.82) is 0 Å². The van der Waals surface area contributed by atoms with Gasteiger partial charge in [0.2, 0.25) is 5.91 Å². The van der Waals surface area contributed by atoms with Gasteiger partial charge in [0.15, 0.2) is 0 Å².